The van der Waals surface area contributed by atoms with Crippen molar-refractivity contribution in [3.05, 3.63) is 53.1 Å². The average molecular weight is 480 g/mol. The summed E-state index contributed by atoms with van der Waals surface area (Å²) >= 11 is 7.67. The van der Waals surface area contributed by atoms with Crippen LogP contribution in [0.15, 0.2) is 47.4 Å². The number of hydrogen-bond acceptors (Lipinski definition) is 6. The summed E-state index contributed by atoms with van der Waals surface area (Å²) in [6.07, 6.45) is 1.75. The molecule has 164 valence electrons. The second kappa shape index (κ2) is 8.84. The molecule has 1 unspecified atom stereocenters. The minimum absolute atomic E-state index is 0.0696. The van der Waals surface area contributed by atoms with Gasteiger partial charge in [-0.2, -0.15) is 0 Å². The summed E-state index contributed by atoms with van der Waals surface area (Å²) in [4.78, 5) is 19.8. The first-order valence-corrected chi connectivity index (χ1v) is 12.4. The van der Waals surface area contributed by atoms with E-state index in [1.54, 1.807) is 11.0 Å². The standard InChI is InChI=1S/C21H22ClN3O4S2/c1-24(2)31(27,28)16-10-8-14(9-11-16)20(26)25(13-15-5-4-12-29-15)21-23-19-17(22)6-3-7-18(19)30-21/h3,6-11,15H,4-5,12-13H2,1-2H3. The van der Waals surface area contributed by atoms with E-state index in [2.05, 4.69) is 4.98 Å². The lowest BCUT2D eigenvalue weighted by Gasteiger charge is -2.23. The zero-order chi connectivity index (χ0) is 22.2. The molecular weight excluding hydrogens is 458 g/mol. The van der Waals surface area contributed by atoms with Gasteiger partial charge in [0.15, 0.2) is 5.13 Å². The third-order valence-electron chi connectivity index (χ3n) is 5.12. The summed E-state index contributed by atoms with van der Waals surface area (Å²) in [5, 5.41) is 1.07. The summed E-state index contributed by atoms with van der Waals surface area (Å²) < 4.78 is 32.4. The molecule has 4 rings (SSSR count). The Morgan fingerprint density at radius 3 is 2.58 bits per heavy atom. The highest BCUT2D eigenvalue weighted by atomic mass is 35.5. The molecule has 31 heavy (non-hydrogen) atoms. The van der Waals surface area contributed by atoms with Crippen LogP contribution in [0.1, 0.15) is 23.2 Å². The van der Waals surface area contributed by atoms with E-state index in [9.17, 15) is 13.2 Å². The first-order valence-electron chi connectivity index (χ1n) is 9.78. The fourth-order valence-electron chi connectivity index (χ4n) is 3.39. The number of ether oxygens (including phenoxy) is 1. The number of carbonyl (C=O) groups excluding carboxylic acids is 1. The monoisotopic (exact) mass is 479 g/mol. The second-order valence-corrected chi connectivity index (χ2v) is 11.0. The van der Waals surface area contributed by atoms with Crippen molar-refractivity contribution in [2.24, 2.45) is 0 Å². The van der Waals surface area contributed by atoms with Crippen LogP contribution in [-0.4, -0.2) is 57.0 Å². The highest BCUT2D eigenvalue weighted by Crippen LogP contribution is 2.34. The molecule has 1 fully saturated rings. The molecule has 1 aliphatic heterocycles. The van der Waals surface area contributed by atoms with Gasteiger partial charge >= 0.3 is 0 Å². The van der Waals surface area contributed by atoms with E-state index < -0.39 is 10.0 Å². The van der Waals surface area contributed by atoms with Crippen molar-refractivity contribution in [3.63, 3.8) is 0 Å². The minimum atomic E-state index is -3.57. The van der Waals surface area contributed by atoms with Crippen LogP contribution in [-0.2, 0) is 14.8 Å². The van der Waals surface area contributed by atoms with Crippen LogP contribution in [0, 0.1) is 0 Å². The van der Waals surface area contributed by atoms with Gasteiger partial charge in [0.25, 0.3) is 5.91 Å². The van der Waals surface area contributed by atoms with Crippen molar-refractivity contribution in [3.8, 4) is 0 Å². The number of para-hydroxylation sites is 1. The fraction of sp³-hybridized carbons (Fsp3) is 0.333. The Bertz CT molecular complexity index is 1200. The molecule has 7 nitrogen and oxygen atoms in total. The first-order chi connectivity index (χ1) is 14.8. The van der Waals surface area contributed by atoms with Gasteiger partial charge in [-0.25, -0.2) is 17.7 Å². The molecule has 2 heterocycles. The predicted molar refractivity (Wildman–Crippen MR) is 123 cm³/mol. The van der Waals surface area contributed by atoms with Crippen molar-refractivity contribution in [1.29, 1.82) is 0 Å². The topological polar surface area (TPSA) is 79.8 Å². The number of benzene rings is 2. The summed E-state index contributed by atoms with van der Waals surface area (Å²) in [6, 6.07) is 11.5. The van der Waals surface area contributed by atoms with Crippen LogP contribution in [0.2, 0.25) is 5.02 Å². The average Bonchev–Trinajstić information content (AvgIpc) is 3.42. The number of amides is 1. The third kappa shape index (κ3) is 4.47. The van der Waals surface area contributed by atoms with Crippen molar-refractivity contribution < 1.29 is 17.9 Å². The van der Waals surface area contributed by atoms with Gasteiger partial charge in [0.05, 0.1) is 27.3 Å². The van der Waals surface area contributed by atoms with E-state index in [0.717, 1.165) is 21.8 Å². The van der Waals surface area contributed by atoms with Gasteiger partial charge in [0, 0.05) is 26.3 Å². The summed E-state index contributed by atoms with van der Waals surface area (Å²) in [6.45, 7) is 1.05. The van der Waals surface area contributed by atoms with Crippen LogP contribution < -0.4 is 4.90 Å². The number of halogens is 1. The molecule has 2 aromatic carbocycles. The molecule has 0 saturated carbocycles. The van der Waals surface area contributed by atoms with Gasteiger partial charge < -0.3 is 4.74 Å². The normalized spacial score (nSPS) is 16.8. The van der Waals surface area contributed by atoms with Gasteiger partial charge in [-0.15, -0.1) is 0 Å². The number of thiazole rings is 1. The molecule has 1 saturated heterocycles. The summed E-state index contributed by atoms with van der Waals surface area (Å²) in [7, 11) is -0.633. The molecule has 3 aromatic rings. The highest BCUT2D eigenvalue weighted by molar-refractivity contribution is 7.89. The van der Waals surface area contributed by atoms with Gasteiger partial charge in [-0.05, 0) is 49.2 Å². The molecule has 1 aliphatic rings. The molecule has 1 atom stereocenters. The Balaban J connectivity index is 1.69. The van der Waals surface area contributed by atoms with Crippen molar-refractivity contribution in [1.82, 2.24) is 9.29 Å². The molecule has 0 spiro atoms. The number of anilines is 1. The Labute approximate surface area is 190 Å². The number of sulfonamides is 1. The number of rotatable bonds is 6. The lowest BCUT2D eigenvalue weighted by Crippen LogP contribution is -2.37. The maximum Gasteiger partial charge on any atom is 0.260 e. The molecule has 1 aromatic heterocycles. The van der Waals surface area contributed by atoms with Gasteiger partial charge in [0.2, 0.25) is 10.0 Å². The molecule has 0 aliphatic carbocycles. The van der Waals surface area contributed by atoms with E-state index in [1.807, 2.05) is 12.1 Å². The molecule has 0 N–H and O–H groups in total. The lowest BCUT2D eigenvalue weighted by atomic mass is 10.2. The van der Waals surface area contributed by atoms with Crippen LogP contribution in [0.3, 0.4) is 0 Å². The quantitative estimate of drug-likeness (QED) is 0.533. The van der Waals surface area contributed by atoms with Gasteiger partial charge in [0.1, 0.15) is 5.52 Å². The van der Waals surface area contributed by atoms with E-state index in [0.29, 0.717) is 34.4 Å². The number of nitrogens with zero attached hydrogens (tertiary/aromatic N) is 3. The summed E-state index contributed by atoms with van der Waals surface area (Å²) in [5.74, 6) is -0.264. The van der Waals surface area contributed by atoms with Crippen LogP contribution >= 0.6 is 22.9 Å². The van der Waals surface area contributed by atoms with Gasteiger partial charge in [-0.1, -0.05) is 29.0 Å². The number of carbonyl (C=O) groups is 1. The maximum atomic E-state index is 13.4. The van der Waals surface area contributed by atoms with E-state index in [4.69, 9.17) is 16.3 Å². The van der Waals surface area contributed by atoms with Gasteiger partial charge in [-0.3, -0.25) is 9.69 Å². The van der Waals surface area contributed by atoms with E-state index >= 15 is 0 Å². The molecular formula is C21H22ClN3O4S2. The van der Waals surface area contributed by atoms with Crippen molar-refractivity contribution in [2.75, 3.05) is 32.1 Å². The molecule has 0 radical (unpaired) electrons. The Morgan fingerprint density at radius 2 is 1.97 bits per heavy atom. The van der Waals surface area contributed by atoms with E-state index in [1.165, 1.54) is 49.7 Å². The zero-order valence-corrected chi connectivity index (χ0v) is 19.5. The van der Waals surface area contributed by atoms with E-state index in [-0.39, 0.29) is 16.9 Å². The largest absolute Gasteiger partial charge is 0.376 e. The number of fused-ring (bicyclic) bond motifs is 1. The third-order valence-corrected chi connectivity index (χ3v) is 8.30. The first kappa shape index (κ1) is 22.2. The maximum absolute atomic E-state index is 13.4. The second-order valence-electron chi connectivity index (χ2n) is 7.45. The Hall–Kier alpha value is -2.04. The molecule has 0 bridgehead atoms. The van der Waals surface area contributed by atoms with Crippen molar-refractivity contribution in [2.45, 2.75) is 23.8 Å². The smallest absolute Gasteiger partial charge is 0.260 e. The van der Waals surface area contributed by atoms with Crippen LogP contribution in [0.4, 0.5) is 5.13 Å². The molecule has 1 amide bonds. The summed E-state index contributed by atoms with van der Waals surface area (Å²) in [5.41, 5.74) is 1.03. The van der Waals surface area contributed by atoms with Crippen molar-refractivity contribution >= 4 is 54.2 Å². The predicted octanol–water partition coefficient (Wildman–Crippen LogP) is 4.03. The lowest BCUT2D eigenvalue weighted by molar-refractivity contribution is 0.0917. The molecule has 10 heteroatoms. The SMILES string of the molecule is CN(C)S(=O)(=O)c1ccc(C(=O)N(CC2CCCO2)c2nc3c(Cl)cccc3s2)cc1. The highest BCUT2D eigenvalue weighted by Gasteiger charge is 2.28. The fourth-order valence-corrected chi connectivity index (χ4v) is 5.57. The zero-order valence-electron chi connectivity index (χ0n) is 17.1. The van der Waals surface area contributed by atoms with Crippen LogP contribution in [0.5, 0.6) is 0 Å². The minimum Gasteiger partial charge on any atom is -0.376 e. The Morgan fingerprint density at radius 1 is 1.23 bits per heavy atom. The number of hydrogen-bond donors (Lipinski definition) is 0. The number of aromatic nitrogens is 1. The van der Waals surface area contributed by atoms with Crippen LogP contribution in [0.25, 0.3) is 10.2 Å². The Kier molecular flexibility index (Phi) is 6.32.